The summed E-state index contributed by atoms with van der Waals surface area (Å²) in [7, 11) is 0. The number of halogens is 1. The molecule has 1 aromatic carbocycles. The third kappa shape index (κ3) is 5.50. The highest BCUT2D eigenvalue weighted by Crippen LogP contribution is 2.03. The second kappa shape index (κ2) is 7.37. The normalized spacial score (nSPS) is 10.5. The summed E-state index contributed by atoms with van der Waals surface area (Å²) >= 11 is 0. The lowest BCUT2D eigenvalue weighted by molar-refractivity contribution is 0.149. The van der Waals surface area contributed by atoms with Crippen molar-refractivity contribution in [1.29, 1.82) is 0 Å². The summed E-state index contributed by atoms with van der Waals surface area (Å²) < 4.78 is 18.0. The third-order valence-electron chi connectivity index (χ3n) is 2.11. The molecule has 0 heterocycles. The van der Waals surface area contributed by atoms with Crippen LogP contribution in [0, 0.1) is 5.82 Å². The quantitative estimate of drug-likeness (QED) is 0.696. The van der Waals surface area contributed by atoms with Crippen LogP contribution in [0.2, 0.25) is 0 Å². The van der Waals surface area contributed by atoms with Gasteiger partial charge in [0.05, 0.1) is 6.61 Å². The van der Waals surface area contributed by atoms with Gasteiger partial charge in [-0.1, -0.05) is 12.1 Å². The predicted molar refractivity (Wildman–Crippen MR) is 59.5 cm³/mol. The standard InChI is InChI=1S/C12H18FNO/c1-2-15-9-8-14-7-6-11-4-3-5-12(13)10-11/h3-5,10,14H,2,6-9H2,1H3. The maximum Gasteiger partial charge on any atom is 0.123 e. The largest absolute Gasteiger partial charge is 0.380 e. The highest BCUT2D eigenvalue weighted by atomic mass is 19.1. The Morgan fingerprint density at radius 2 is 2.20 bits per heavy atom. The molecule has 84 valence electrons. The van der Waals surface area contributed by atoms with Crippen molar-refractivity contribution in [3.8, 4) is 0 Å². The van der Waals surface area contributed by atoms with Gasteiger partial charge >= 0.3 is 0 Å². The van der Waals surface area contributed by atoms with Crippen LogP contribution in [0.5, 0.6) is 0 Å². The van der Waals surface area contributed by atoms with Crippen LogP contribution in [0.15, 0.2) is 24.3 Å². The Morgan fingerprint density at radius 3 is 2.93 bits per heavy atom. The maximum absolute atomic E-state index is 12.8. The lowest BCUT2D eigenvalue weighted by Gasteiger charge is -2.04. The van der Waals surface area contributed by atoms with Crippen LogP contribution in [-0.2, 0) is 11.2 Å². The van der Waals surface area contributed by atoms with Crippen molar-refractivity contribution in [2.45, 2.75) is 13.3 Å². The van der Waals surface area contributed by atoms with Gasteiger partial charge in [-0.25, -0.2) is 4.39 Å². The van der Waals surface area contributed by atoms with Crippen LogP contribution in [-0.4, -0.2) is 26.3 Å². The number of nitrogens with one attached hydrogen (secondary N) is 1. The Labute approximate surface area is 90.4 Å². The number of rotatable bonds is 7. The summed E-state index contributed by atoms with van der Waals surface area (Å²) in [4.78, 5) is 0. The molecule has 2 nitrogen and oxygen atoms in total. The molecule has 0 bridgehead atoms. The van der Waals surface area contributed by atoms with Gasteiger partial charge in [0.2, 0.25) is 0 Å². The number of benzene rings is 1. The molecule has 0 atom stereocenters. The summed E-state index contributed by atoms with van der Waals surface area (Å²) in [5, 5.41) is 3.24. The molecule has 15 heavy (non-hydrogen) atoms. The second-order valence-electron chi connectivity index (χ2n) is 3.33. The van der Waals surface area contributed by atoms with Gasteiger partial charge in [-0.15, -0.1) is 0 Å². The molecule has 1 N–H and O–H groups in total. The summed E-state index contributed by atoms with van der Waals surface area (Å²) in [6.07, 6.45) is 0.851. The van der Waals surface area contributed by atoms with Crippen LogP contribution < -0.4 is 5.32 Å². The zero-order chi connectivity index (χ0) is 10.9. The monoisotopic (exact) mass is 211 g/mol. The average molecular weight is 211 g/mol. The molecular weight excluding hydrogens is 193 g/mol. The first-order valence-corrected chi connectivity index (χ1v) is 5.36. The van der Waals surface area contributed by atoms with E-state index in [-0.39, 0.29) is 5.82 Å². The van der Waals surface area contributed by atoms with E-state index in [1.165, 1.54) is 6.07 Å². The van der Waals surface area contributed by atoms with Crippen molar-refractivity contribution in [3.63, 3.8) is 0 Å². The first kappa shape index (κ1) is 12.1. The Kier molecular flexibility index (Phi) is 5.97. The van der Waals surface area contributed by atoms with E-state index >= 15 is 0 Å². The van der Waals surface area contributed by atoms with Gasteiger partial charge in [0.1, 0.15) is 5.82 Å². The van der Waals surface area contributed by atoms with Crippen LogP contribution in [0.25, 0.3) is 0 Å². The summed E-state index contributed by atoms with van der Waals surface area (Å²) in [5.41, 5.74) is 1.03. The van der Waals surface area contributed by atoms with Crippen molar-refractivity contribution in [2.24, 2.45) is 0 Å². The molecular formula is C12H18FNO. The van der Waals surface area contributed by atoms with Gasteiger partial charge in [0.25, 0.3) is 0 Å². The molecule has 0 spiro atoms. The van der Waals surface area contributed by atoms with Crippen molar-refractivity contribution < 1.29 is 9.13 Å². The highest BCUT2D eigenvalue weighted by Gasteiger charge is 1.94. The maximum atomic E-state index is 12.8. The molecule has 1 rings (SSSR count). The fourth-order valence-electron chi connectivity index (χ4n) is 1.34. The van der Waals surface area contributed by atoms with Gasteiger partial charge in [0, 0.05) is 13.2 Å². The molecule has 0 aromatic heterocycles. The molecule has 0 saturated carbocycles. The molecule has 0 aliphatic heterocycles. The van der Waals surface area contributed by atoms with E-state index in [0.29, 0.717) is 0 Å². The molecule has 0 unspecified atom stereocenters. The van der Waals surface area contributed by atoms with Gasteiger partial charge in [-0.2, -0.15) is 0 Å². The van der Waals surface area contributed by atoms with E-state index in [1.807, 2.05) is 13.0 Å². The van der Waals surface area contributed by atoms with E-state index < -0.39 is 0 Å². The number of hydrogen-bond donors (Lipinski definition) is 1. The minimum atomic E-state index is -0.165. The highest BCUT2D eigenvalue weighted by molar-refractivity contribution is 5.16. The van der Waals surface area contributed by atoms with Crippen molar-refractivity contribution in [3.05, 3.63) is 35.6 Å². The predicted octanol–water partition coefficient (Wildman–Crippen LogP) is 1.99. The van der Waals surface area contributed by atoms with Crippen molar-refractivity contribution in [1.82, 2.24) is 5.32 Å². The minimum absolute atomic E-state index is 0.165. The summed E-state index contributed by atoms with van der Waals surface area (Å²) in [6.45, 7) is 5.18. The first-order chi connectivity index (χ1) is 7.33. The Balaban J connectivity index is 2.10. The van der Waals surface area contributed by atoms with E-state index in [9.17, 15) is 4.39 Å². The molecule has 3 heteroatoms. The average Bonchev–Trinajstić information content (AvgIpc) is 2.23. The molecule has 0 fully saturated rings. The summed E-state index contributed by atoms with van der Waals surface area (Å²) in [6, 6.07) is 6.72. The molecule has 0 saturated heterocycles. The van der Waals surface area contributed by atoms with Gasteiger partial charge < -0.3 is 10.1 Å². The lowest BCUT2D eigenvalue weighted by atomic mass is 10.1. The number of ether oxygens (including phenoxy) is 1. The molecule has 0 radical (unpaired) electrons. The smallest absolute Gasteiger partial charge is 0.123 e. The van der Waals surface area contributed by atoms with Crippen LogP contribution in [0.4, 0.5) is 4.39 Å². The Morgan fingerprint density at radius 1 is 1.33 bits per heavy atom. The van der Waals surface area contributed by atoms with Gasteiger partial charge in [-0.05, 0) is 37.6 Å². The fourth-order valence-corrected chi connectivity index (χ4v) is 1.34. The van der Waals surface area contributed by atoms with Crippen LogP contribution in [0.1, 0.15) is 12.5 Å². The van der Waals surface area contributed by atoms with Gasteiger partial charge in [0.15, 0.2) is 0 Å². The number of hydrogen-bond acceptors (Lipinski definition) is 2. The van der Waals surface area contributed by atoms with E-state index in [0.717, 1.165) is 38.3 Å². The SMILES string of the molecule is CCOCCNCCc1cccc(F)c1. The van der Waals surface area contributed by atoms with Crippen LogP contribution in [0.3, 0.4) is 0 Å². The van der Waals surface area contributed by atoms with E-state index in [4.69, 9.17) is 4.74 Å². The second-order valence-corrected chi connectivity index (χ2v) is 3.33. The third-order valence-corrected chi connectivity index (χ3v) is 2.11. The Hall–Kier alpha value is -0.930. The zero-order valence-corrected chi connectivity index (χ0v) is 9.13. The topological polar surface area (TPSA) is 21.3 Å². The van der Waals surface area contributed by atoms with Crippen LogP contribution >= 0.6 is 0 Å². The molecule has 0 amide bonds. The molecule has 1 aromatic rings. The summed E-state index contributed by atoms with van der Waals surface area (Å²) in [5.74, 6) is -0.165. The van der Waals surface area contributed by atoms with Gasteiger partial charge in [-0.3, -0.25) is 0 Å². The minimum Gasteiger partial charge on any atom is -0.380 e. The Bertz CT molecular complexity index is 278. The van der Waals surface area contributed by atoms with E-state index in [1.54, 1.807) is 12.1 Å². The van der Waals surface area contributed by atoms with Crippen molar-refractivity contribution >= 4 is 0 Å². The fraction of sp³-hybridized carbons (Fsp3) is 0.500. The first-order valence-electron chi connectivity index (χ1n) is 5.36. The van der Waals surface area contributed by atoms with Crippen molar-refractivity contribution in [2.75, 3.05) is 26.3 Å². The van der Waals surface area contributed by atoms with E-state index in [2.05, 4.69) is 5.32 Å². The lowest BCUT2D eigenvalue weighted by Crippen LogP contribution is -2.22. The zero-order valence-electron chi connectivity index (χ0n) is 9.13. The molecule has 0 aliphatic rings. The molecule has 0 aliphatic carbocycles.